The molecule has 26 heavy (non-hydrogen) atoms. The Hall–Kier alpha value is -3.74. The number of carbonyl (C=O) groups excluding carboxylic acids is 1. The van der Waals surface area contributed by atoms with Gasteiger partial charge in [-0.1, -0.05) is 42.5 Å². The van der Waals surface area contributed by atoms with Crippen LogP contribution in [0.15, 0.2) is 65.6 Å². The van der Waals surface area contributed by atoms with Gasteiger partial charge >= 0.3 is 0 Å². The van der Waals surface area contributed by atoms with Crippen LogP contribution in [0.5, 0.6) is 0 Å². The predicted octanol–water partition coefficient (Wildman–Crippen LogP) is 2.24. The lowest BCUT2D eigenvalue weighted by Crippen LogP contribution is -2.28. The molecule has 0 unspecified atom stereocenters. The molecule has 1 amide bonds. The number of hydrogen-bond donors (Lipinski definition) is 3. The SMILES string of the molecule is O=C(NCc1nc(-c2ccccc2)n[nH]1)c1c[nH]c2ccccc2c1=O. The van der Waals surface area contributed by atoms with E-state index in [4.69, 9.17) is 0 Å². The fourth-order valence-electron chi connectivity index (χ4n) is 2.69. The molecule has 2 aromatic heterocycles. The predicted molar refractivity (Wildman–Crippen MR) is 97.6 cm³/mol. The maximum Gasteiger partial charge on any atom is 0.257 e. The lowest BCUT2D eigenvalue weighted by molar-refractivity contribution is 0.0948. The van der Waals surface area contributed by atoms with Crippen LogP contribution >= 0.6 is 0 Å². The first kappa shape index (κ1) is 15.8. The summed E-state index contributed by atoms with van der Waals surface area (Å²) in [5, 5.41) is 10.1. The van der Waals surface area contributed by atoms with Crippen LogP contribution in [0.25, 0.3) is 22.3 Å². The topological polar surface area (TPSA) is 104 Å². The third kappa shape index (κ3) is 2.98. The summed E-state index contributed by atoms with van der Waals surface area (Å²) in [6.45, 7) is 0.144. The minimum absolute atomic E-state index is 0.0616. The molecule has 4 rings (SSSR count). The number of aromatic amines is 2. The Morgan fingerprint density at radius 1 is 1.04 bits per heavy atom. The van der Waals surface area contributed by atoms with Gasteiger partial charge in [0.1, 0.15) is 11.4 Å². The largest absolute Gasteiger partial charge is 0.360 e. The summed E-state index contributed by atoms with van der Waals surface area (Å²) in [4.78, 5) is 32.1. The van der Waals surface area contributed by atoms with E-state index in [9.17, 15) is 9.59 Å². The molecule has 0 spiro atoms. The molecule has 128 valence electrons. The molecule has 4 aromatic rings. The molecular weight excluding hydrogens is 330 g/mol. The number of para-hydroxylation sites is 1. The molecule has 0 saturated carbocycles. The van der Waals surface area contributed by atoms with Gasteiger partial charge in [0, 0.05) is 22.7 Å². The molecule has 7 heteroatoms. The molecule has 3 N–H and O–H groups in total. The highest BCUT2D eigenvalue weighted by atomic mass is 16.2. The van der Waals surface area contributed by atoms with Gasteiger partial charge in [-0.15, -0.1) is 0 Å². The number of pyridine rings is 1. The Kier molecular flexibility index (Phi) is 4.03. The van der Waals surface area contributed by atoms with Crippen LogP contribution in [0.4, 0.5) is 0 Å². The van der Waals surface area contributed by atoms with E-state index in [1.807, 2.05) is 36.4 Å². The van der Waals surface area contributed by atoms with Crippen LogP contribution in [-0.4, -0.2) is 26.1 Å². The second-order valence-electron chi connectivity index (χ2n) is 5.73. The van der Waals surface area contributed by atoms with Crippen molar-refractivity contribution in [3.8, 4) is 11.4 Å². The number of nitrogens with zero attached hydrogens (tertiary/aromatic N) is 2. The van der Waals surface area contributed by atoms with Crippen molar-refractivity contribution < 1.29 is 4.79 Å². The van der Waals surface area contributed by atoms with Gasteiger partial charge in [0.25, 0.3) is 5.91 Å². The number of aromatic nitrogens is 4. The van der Waals surface area contributed by atoms with Crippen LogP contribution in [-0.2, 0) is 6.54 Å². The lowest BCUT2D eigenvalue weighted by atomic mass is 10.1. The summed E-state index contributed by atoms with van der Waals surface area (Å²) in [5.41, 5.74) is 1.33. The van der Waals surface area contributed by atoms with Crippen LogP contribution in [0.1, 0.15) is 16.2 Å². The number of hydrogen-bond acceptors (Lipinski definition) is 4. The van der Waals surface area contributed by atoms with E-state index in [-0.39, 0.29) is 17.5 Å². The van der Waals surface area contributed by atoms with Gasteiger partial charge < -0.3 is 10.3 Å². The molecule has 0 aliphatic heterocycles. The zero-order chi connectivity index (χ0) is 17.9. The molecule has 2 heterocycles. The summed E-state index contributed by atoms with van der Waals surface area (Å²) < 4.78 is 0. The van der Waals surface area contributed by atoms with Crippen molar-refractivity contribution in [1.82, 2.24) is 25.5 Å². The Bertz CT molecular complexity index is 1130. The molecule has 0 aliphatic rings. The zero-order valence-electron chi connectivity index (χ0n) is 13.7. The van der Waals surface area contributed by atoms with Crippen LogP contribution < -0.4 is 10.7 Å². The Balaban J connectivity index is 1.50. The molecule has 0 atom stereocenters. The minimum Gasteiger partial charge on any atom is -0.360 e. The normalized spacial score (nSPS) is 10.8. The van der Waals surface area contributed by atoms with Crippen LogP contribution in [0, 0.1) is 0 Å². The highest BCUT2D eigenvalue weighted by molar-refractivity contribution is 5.97. The van der Waals surface area contributed by atoms with E-state index in [1.54, 1.807) is 18.2 Å². The van der Waals surface area contributed by atoms with Crippen LogP contribution in [0.2, 0.25) is 0 Å². The van der Waals surface area contributed by atoms with Crippen molar-refractivity contribution in [2.45, 2.75) is 6.54 Å². The van der Waals surface area contributed by atoms with Crippen molar-refractivity contribution in [2.24, 2.45) is 0 Å². The minimum atomic E-state index is -0.463. The number of amides is 1. The smallest absolute Gasteiger partial charge is 0.257 e. The van der Waals surface area contributed by atoms with Gasteiger partial charge in [-0.25, -0.2) is 4.98 Å². The monoisotopic (exact) mass is 345 g/mol. The van der Waals surface area contributed by atoms with E-state index in [0.29, 0.717) is 22.6 Å². The zero-order valence-corrected chi connectivity index (χ0v) is 13.7. The van der Waals surface area contributed by atoms with Gasteiger partial charge in [0.2, 0.25) is 5.43 Å². The number of nitrogens with one attached hydrogen (secondary N) is 3. The van der Waals surface area contributed by atoms with Crippen molar-refractivity contribution in [3.05, 3.63) is 82.4 Å². The maximum absolute atomic E-state index is 12.5. The van der Waals surface area contributed by atoms with Gasteiger partial charge in [-0.2, -0.15) is 5.10 Å². The van der Waals surface area contributed by atoms with Crippen molar-refractivity contribution in [3.63, 3.8) is 0 Å². The first-order chi connectivity index (χ1) is 12.7. The first-order valence-electron chi connectivity index (χ1n) is 8.08. The van der Waals surface area contributed by atoms with Gasteiger partial charge in [-0.05, 0) is 12.1 Å². The second kappa shape index (κ2) is 6.64. The molecule has 0 saturated heterocycles. The van der Waals surface area contributed by atoms with Gasteiger partial charge in [-0.3, -0.25) is 14.7 Å². The molecule has 0 bridgehead atoms. The fraction of sp³-hybridized carbons (Fsp3) is 0.0526. The molecule has 0 fully saturated rings. The summed E-state index contributed by atoms with van der Waals surface area (Å²) in [5.74, 6) is 0.600. The number of fused-ring (bicyclic) bond motifs is 1. The Morgan fingerprint density at radius 2 is 1.81 bits per heavy atom. The third-order valence-electron chi connectivity index (χ3n) is 4.01. The standard InChI is InChI=1S/C19H15N5O2/c25-17-13-8-4-5-9-15(13)20-10-14(17)19(26)21-11-16-22-18(24-23-16)12-6-2-1-3-7-12/h1-10H,11H2,(H,20,25)(H,21,26)(H,22,23,24). The second-order valence-corrected chi connectivity index (χ2v) is 5.73. The quantitative estimate of drug-likeness (QED) is 0.528. The van der Waals surface area contributed by atoms with Crippen molar-refractivity contribution in [1.29, 1.82) is 0 Å². The Morgan fingerprint density at radius 3 is 2.65 bits per heavy atom. The summed E-state index contributed by atoms with van der Waals surface area (Å²) in [6, 6.07) is 16.6. The average molecular weight is 345 g/mol. The number of benzene rings is 2. The van der Waals surface area contributed by atoms with E-state index in [0.717, 1.165) is 5.56 Å². The number of rotatable bonds is 4. The maximum atomic E-state index is 12.5. The van der Waals surface area contributed by atoms with E-state index < -0.39 is 5.91 Å². The van der Waals surface area contributed by atoms with Gasteiger partial charge in [0.15, 0.2) is 5.82 Å². The average Bonchev–Trinajstić information content (AvgIpc) is 3.16. The highest BCUT2D eigenvalue weighted by Gasteiger charge is 2.13. The molecule has 2 aromatic carbocycles. The Labute approximate surface area is 148 Å². The van der Waals surface area contributed by atoms with E-state index in [1.165, 1.54) is 6.20 Å². The third-order valence-corrected chi connectivity index (χ3v) is 4.01. The summed E-state index contributed by atoms with van der Waals surface area (Å²) >= 11 is 0. The molecule has 7 nitrogen and oxygen atoms in total. The van der Waals surface area contributed by atoms with Crippen molar-refractivity contribution >= 4 is 16.8 Å². The van der Waals surface area contributed by atoms with Crippen molar-refractivity contribution in [2.75, 3.05) is 0 Å². The van der Waals surface area contributed by atoms with E-state index in [2.05, 4.69) is 25.5 Å². The fourth-order valence-corrected chi connectivity index (χ4v) is 2.69. The highest BCUT2D eigenvalue weighted by Crippen LogP contribution is 2.13. The van der Waals surface area contributed by atoms with E-state index >= 15 is 0 Å². The summed E-state index contributed by atoms with van der Waals surface area (Å²) in [7, 11) is 0. The first-order valence-corrected chi connectivity index (χ1v) is 8.08. The number of carbonyl (C=O) groups is 1. The summed E-state index contributed by atoms with van der Waals surface area (Å²) in [6.07, 6.45) is 1.43. The van der Waals surface area contributed by atoms with Gasteiger partial charge in [0.05, 0.1) is 6.54 Å². The van der Waals surface area contributed by atoms with Crippen LogP contribution in [0.3, 0.4) is 0 Å². The molecule has 0 radical (unpaired) electrons. The lowest BCUT2D eigenvalue weighted by Gasteiger charge is -2.04. The number of H-pyrrole nitrogens is 2. The molecular formula is C19H15N5O2. The molecule has 0 aliphatic carbocycles.